The molecule has 0 spiro atoms. The second kappa shape index (κ2) is 8.63. The van der Waals surface area contributed by atoms with Crippen molar-refractivity contribution in [3.8, 4) is 10.7 Å². The molecular formula is C20H28N4O3S3. The van der Waals surface area contributed by atoms with Crippen LogP contribution in [-0.4, -0.2) is 51.9 Å². The number of hydrogen-bond acceptors (Lipinski definition) is 7. The minimum absolute atomic E-state index is 0.0339. The predicted octanol–water partition coefficient (Wildman–Crippen LogP) is 2.84. The molecule has 7 nitrogen and oxygen atoms in total. The van der Waals surface area contributed by atoms with E-state index in [1.165, 1.54) is 35.0 Å². The number of nitrogens with one attached hydrogen (secondary N) is 1. The second-order valence-electron chi connectivity index (χ2n) is 8.31. The van der Waals surface area contributed by atoms with Crippen LogP contribution in [0.15, 0.2) is 11.2 Å². The van der Waals surface area contributed by atoms with E-state index in [9.17, 15) is 13.2 Å². The SMILES string of the molecule is CCC1CCc2sc(-c3nnc(SC(C)C(=O)NC4CCS(=O)(=O)C4)n3C)cc2C1. The lowest BCUT2D eigenvalue weighted by atomic mass is 9.87. The van der Waals surface area contributed by atoms with Gasteiger partial charge in [-0.05, 0) is 50.2 Å². The first-order valence-corrected chi connectivity index (χ1v) is 14.0. The number of amides is 1. The molecule has 164 valence electrons. The molecule has 30 heavy (non-hydrogen) atoms. The second-order valence-corrected chi connectivity index (χ2v) is 13.0. The average molecular weight is 469 g/mol. The lowest BCUT2D eigenvalue weighted by Crippen LogP contribution is -2.40. The Hall–Kier alpha value is -1.39. The van der Waals surface area contributed by atoms with Gasteiger partial charge in [0.15, 0.2) is 20.8 Å². The Kier molecular flexibility index (Phi) is 6.28. The van der Waals surface area contributed by atoms with Gasteiger partial charge in [-0.25, -0.2) is 8.42 Å². The summed E-state index contributed by atoms with van der Waals surface area (Å²) in [5.74, 6) is 1.63. The summed E-state index contributed by atoms with van der Waals surface area (Å²) in [6.45, 7) is 4.07. The quantitative estimate of drug-likeness (QED) is 0.655. The molecule has 3 unspecified atom stereocenters. The van der Waals surface area contributed by atoms with E-state index < -0.39 is 9.84 Å². The fraction of sp³-hybridized carbons (Fsp3) is 0.650. The van der Waals surface area contributed by atoms with Gasteiger partial charge in [0.05, 0.1) is 21.6 Å². The van der Waals surface area contributed by atoms with E-state index in [0.717, 1.165) is 29.5 Å². The summed E-state index contributed by atoms with van der Waals surface area (Å²) < 4.78 is 25.1. The standard InChI is InChI=1S/C20H28N4O3S3/c1-4-13-5-6-16-14(9-13)10-17(29-16)18-22-23-20(24(18)3)28-12(2)19(25)21-15-7-8-30(26,27)11-15/h10,12-13,15H,4-9,11H2,1-3H3,(H,21,25). The van der Waals surface area contributed by atoms with Gasteiger partial charge in [0.2, 0.25) is 5.91 Å². The first-order valence-electron chi connectivity index (χ1n) is 10.4. The Morgan fingerprint density at radius 1 is 1.40 bits per heavy atom. The first-order chi connectivity index (χ1) is 14.3. The third-order valence-electron chi connectivity index (χ3n) is 6.05. The Morgan fingerprint density at radius 2 is 2.20 bits per heavy atom. The zero-order valence-corrected chi connectivity index (χ0v) is 20.0. The number of nitrogens with zero attached hydrogens (tertiary/aromatic N) is 3. The molecule has 1 fully saturated rings. The van der Waals surface area contributed by atoms with Crippen LogP contribution < -0.4 is 5.32 Å². The van der Waals surface area contributed by atoms with Gasteiger partial charge in [0, 0.05) is 18.0 Å². The monoisotopic (exact) mass is 468 g/mol. The number of aromatic nitrogens is 3. The highest BCUT2D eigenvalue weighted by Gasteiger charge is 2.30. The van der Waals surface area contributed by atoms with E-state index >= 15 is 0 Å². The van der Waals surface area contributed by atoms with Crippen LogP contribution in [0.2, 0.25) is 0 Å². The summed E-state index contributed by atoms with van der Waals surface area (Å²) in [7, 11) is -1.08. The number of fused-ring (bicyclic) bond motifs is 1. The highest BCUT2D eigenvalue weighted by molar-refractivity contribution is 8.00. The molecule has 1 N–H and O–H groups in total. The van der Waals surface area contributed by atoms with Crippen molar-refractivity contribution < 1.29 is 13.2 Å². The van der Waals surface area contributed by atoms with Crippen molar-refractivity contribution >= 4 is 38.8 Å². The van der Waals surface area contributed by atoms with Crippen LogP contribution in [0.5, 0.6) is 0 Å². The van der Waals surface area contributed by atoms with Gasteiger partial charge in [0.25, 0.3) is 0 Å². The van der Waals surface area contributed by atoms with Crippen molar-refractivity contribution in [2.75, 3.05) is 11.5 Å². The van der Waals surface area contributed by atoms with Gasteiger partial charge in [-0.2, -0.15) is 0 Å². The molecule has 2 aliphatic rings. The molecule has 0 bridgehead atoms. The normalized spacial score (nSPS) is 23.8. The maximum Gasteiger partial charge on any atom is 0.233 e. The van der Waals surface area contributed by atoms with Crippen molar-refractivity contribution in [2.45, 2.75) is 62.4 Å². The third-order valence-corrected chi connectivity index (χ3v) is 10.2. The van der Waals surface area contributed by atoms with E-state index in [1.807, 2.05) is 18.5 Å². The zero-order valence-electron chi connectivity index (χ0n) is 17.6. The van der Waals surface area contributed by atoms with Crippen molar-refractivity contribution in [3.05, 3.63) is 16.5 Å². The molecule has 10 heteroatoms. The summed E-state index contributed by atoms with van der Waals surface area (Å²) in [6, 6.07) is 1.97. The molecule has 1 amide bonds. The molecule has 4 rings (SSSR count). The summed E-state index contributed by atoms with van der Waals surface area (Å²) in [4.78, 5) is 15.1. The Bertz CT molecular complexity index is 1040. The third kappa shape index (κ3) is 4.60. The number of rotatable bonds is 6. The lowest BCUT2D eigenvalue weighted by molar-refractivity contribution is -0.120. The molecule has 0 saturated carbocycles. The Labute approximate surface area is 186 Å². The van der Waals surface area contributed by atoms with Crippen LogP contribution >= 0.6 is 23.1 Å². The van der Waals surface area contributed by atoms with Crippen LogP contribution in [0.3, 0.4) is 0 Å². The number of thioether (sulfide) groups is 1. The van der Waals surface area contributed by atoms with Gasteiger partial charge in [-0.3, -0.25) is 4.79 Å². The summed E-state index contributed by atoms with van der Waals surface area (Å²) in [5, 5.41) is 11.9. The van der Waals surface area contributed by atoms with E-state index in [2.05, 4.69) is 28.5 Å². The largest absolute Gasteiger partial charge is 0.351 e. The minimum atomic E-state index is -3.01. The van der Waals surface area contributed by atoms with E-state index in [4.69, 9.17) is 0 Å². The smallest absolute Gasteiger partial charge is 0.233 e. The Morgan fingerprint density at radius 3 is 2.90 bits per heavy atom. The van der Waals surface area contributed by atoms with Gasteiger partial charge in [-0.15, -0.1) is 21.5 Å². The predicted molar refractivity (Wildman–Crippen MR) is 121 cm³/mol. The van der Waals surface area contributed by atoms with Gasteiger partial charge in [0.1, 0.15) is 0 Å². The van der Waals surface area contributed by atoms with Gasteiger partial charge < -0.3 is 9.88 Å². The maximum absolute atomic E-state index is 12.5. The molecule has 1 aliphatic heterocycles. The minimum Gasteiger partial charge on any atom is -0.351 e. The van der Waals surface area contributed by atoms with E-state index in [-0.39, 0.29) is 28.7 Å². The fourth-order valence-electron chi connectivity index (χ4n) is 4.13. The number of aryl methyl sites for hydroxylation is 1. The molecule has 1 saturated heterocycles. The summed E-state index contributed by atoms with van der Waals surface area (Å²) >= 11 is 3.15. The number of thiophene rings is 1. The van der Waals surface area contributed by atoms with E-state index in [1.54, 1.807) is 11.3 Å². The van der Waals surface area contributed by atoms with E-state index in [0.29, 0.717) is 11.6 Å². The van der Waals surface area contributed by atoms with Crippen LogP contribution in [0.25, 0.3) is 10.7 Å². The highest BCUT2D eigenvalue weighted by atomic mass is 32.2. The first kappa shape index (κ1) is 21.8. The van der Waals surface area contributed by atoms with Crippen molar-refractivity contribution in [3.63, 3.8) is 0 Å². The van der Waals surface area contributed by atoms with Crippen LogP contribution in [0.4, 0.5) is 0 Å². The van der Waals surface area contributed by atoms with Crippen LogP contribution in [0.1, 0.15) is 43.6 Å². The number of hydrogen-bond donors (Lipinski definition) is 1. The molecule has 0 aromatic carbocycles. The molecule has 2 aromatic heterocycles. The number of sulfone groups is 1. The topological polar surface area (TPSA) is 94.0 Å². The van der Waals surface area contributed by atoms with Crippen LogP contribution in [0, 0.1) is 5.92 Å². The average Bonchev–Trinajstić information content (AvgIpc) is 3.38. The summed E-state index contributed by atoms with van der Waals surface area (Å²) in [5.41, 5.74) is 1.45. The fourth-order valence-corrected chi connectivity index (χ4v) is 7.86. The molecular weight excluding hydrogens is 440 g/mol. The summed E-state index contributed by atoms with van der Waals surface area (Å²) in [6.07, 6.45) is 5.27. The zero-order chi connectivity index (χ0) is 21.5. The number of carbonyl (C=O) groups is 1. The van der Waals surface area contributed by atoms with Gasteiger partial charge in [-0.1, -0.05) is 25.1 Å². The molecule has 1 aliphatic carbocycles. The highest BCUT2D eigenvalue weighted by Crippen LogP contribution is 2.38. The Balaban J connectivity index is 1.42. The molecule has 0 radical (unpaired) electrons. The maximum atomic E-state index is 12.5. The molecule has 2 aromatic rings. The lowest BCUT2D eigenvalue weighted by Gasteiger charge is -2.19. The van der Waals surface area contributed by atoms with Crippen LogP contribution in [-0.2, 0) is 34.5 Å². The van der Waals surface area contributed by atoms with Crippen molar-refractivity contribution in [1.29, 1.82) is 0 Å². The van der Waals surface area contributed by atoms with Crippen molar-refractivity contribution in [2.24, 2.45) is 13.0 Å². The molecule has 3 heterocycles. The van der Waals surface area contributed by atoms with Crippen molar-refractivity contribution in [1.82, 2.24) is 20.1 Å². The van der Waals surface area contributed by atoms with Gasteiger partial charge >= 0.3 is 0 Å². The number of carbonyl (C=O) groups excluding carboxylic acids is 1. The molecule has 3 atom stereocenters.